The Balaban J connectivity index is 4.36. The zero-order valence-corrected chi connectivity index (χ0v) is 38.8. The van der Waals surface area contributed by atoms with E-state index in [0.717, 1.165) is 77.0 Å². The highest BCUT2D eigenvalue weighted by molar-refractivity contribution is 5.71. The van der Waals surface area contributed by atoms with Crippen molar-refractivity contribution in [1.29, 1.82) is 0 Å². The van der Waals surface area contributed by atoms with Crippen LogP contribution in [0, 0.1) is 0 Å². The fraction of sp³-hybridized carbons (Fsp3) is 0.865. The number of ether oxygens (including phenoxy) is 3. The molecule has 0 amide bonds. The van der Waals surface area contributed by atoms with E-state index in [1.807, 2.05) is 0 Å². The molecule has 0 aromatic heterocycles. The van der Waals surface area contributed by atoms with Crippen LogP contribution >= 0.6 is 0 Å². The van der Waals surface area contributed by atoms with E-state index in [1.54, 1.807) is 0 Å². The summed E-state index contributed by atoms with van der Waals surface area (Å²) >= 11 is 0. The molecule has 0 unspecified atom stereocenters. The van der Waals surface area contributed by atoms with Crippen molar-refractivity contribution in [3.63, 3.8) is 0 Å². The Morgan fingerprint density at radius 3 is 1.00 bits per heavy atom. The third kappa shape index (κ3) is 45.0. The van der Waals surface area contributed by atoms with Crippen molar-refractivity contribution in [2.45, 2.75) is 277 Å². The fourth-order valence-electron chi connectivity index (χ4n) is 7.34. The highest BCUT2D eigenvalue weighted by Crippen LogP contribution is 2.16. The number of carbonyl (C=O) groups excluding carboxylic acids is 3. The lowest BCUT2D eigenvalue weighted by atomic mass is 10.0. The molecule has 0 aromatic carbocycles. The van der Waals surface area contributed by atoms with E-state index in [4.69, 9.17) is 14.2 Å². The van der Waals surface area contributed by atoms with Crippen LogP contribution in [0.5, 0.6) is 0 Å². The van der Waals surface area contributed by atoms with Gasteiger partial charge < -0.3 is 14.2 Å². The van der Waals surface area contributed by atoms with Crippen molar-refractivity contribution >= 4 is 17.9 Å². The molecular formula is C52H96O6. The molecule has 0 heterocycles. The molecule has 0 bridgehead atoms. The normalized spacial score (nSPS) is 12.1. The monoisotopic (exact) mass is 817 g/mol. The predicted octanol–water partition coefficient (Wildman–Crippen LogP) is 16.4. The van der Waals surface area contributed by atoms with Crippen LogP contribution in [0.2, 0.25) is 0 Å². The average molecular weight is 817 g/mol. The van der Waals surface area contributed by atoms with Crippen LogP contribution in [-0.2, 0) is 28.6 Å². The Kier molecular flexibility index (Phi) is 45.8. The number of hydrogen-bond acceptors (Lipinski definition) is 6. The molecule has 340 valence electrons. The largest absolute Gasteiger partial charge is 0.462 e. The summed E-state index contributed by atoms with van der Waals surface area (Å²) in [7, 11) is 0. The number of carbonyl (C=O) groups is 3. The third-order valence-corrected chi connectivity index (χ3v) is 11.2. The molecule has 0 aliphatic carbocycles. The molecule has 0 radical (unpaired) electrons. The van der Waals surface area contributed by atoms with Crippen molar-refractivity contribution in [1.82, 2.24) is 0 Å². The van der Waals surface area contributed by atoms with Gasteiger partial charge in [0.05, 0.1) is 0 Å². The number of hydrogen-bond donors (Lipinski definition) is 0. The molecule has 0 fully saturated rings. The molecule has 0 aliphatic heterocycles. The topological polar surface area (TPSA) is 78.9 Å². The maximum Gasteiger partial charge on any atom is 0.306 e. The van der Waals surface area contributed by atoms with E-state index in [1.165, 1.54) is 154 Å². The van der Waals surface area contributed by atoms with Crippen molar-refractivity contribution in [3.8, 4) is 0 Å². The molecular weight excluding hydrogens is 721 g/mol. The van der Waals surface area contributed by atoms with Crippen LogP contribution in [-0.4, -0.2) is 37.2 Å². The second-order valence-corrected chi connectivity index (χ2v) is 17.1. The summed E-state index contributed by atoms with van der Waals surface area (Å²) in [5.74, 6) is -0.873. The van der Waals surface area contributed by atoms with Gasteiger partial charge in [0, 0.05) is 19.3 Å². The molecule has 1 atom stereocenters. The Labute approximate surface area is 360 Å². The minimum Gasteiger partial charge on any atom is -0.462 e. The van der Waals surface area contributed by atoms with Crippen molar-refractivity contribution in [2.24, 2.45) is 0 Å². The Morgan fingerprint density at radius 1 is 0.345 bits per heavy atom. The standard InChI is InChI=1S/C52H96O6/c1-4-7-10-13-16-19-22-25-27-30-33-36-39-42-45-51(54)57-48-49(47-56-50(53)44-41-38-35-32-29-24-21-18-15-12-9-6-3)58-52(55)46-43-40-37-34-31-28-26-23-20-17-14-11-8-5-2/h13,16,22,25,49H,4-12,14-15,17-21,23-24,26-48H2,1-3H3/b16-13-,25-22-/t49-/m1/s1. The van der Waals surface area contributed by atoms with Gasteiger partial charge in [0.1, 0.15) is 13.2 Å². The van der Waals surface area contributed by atoms with E-state index in [0.29, 0.717) is 19.3 Å². The van der Waals surface area contributed by atoms with Crippen molar-refractivity contribution in [2.75, 3.05) is 13.2 Å². The van der Waals surface area contributed by atoms with Gasteiger partial charge in [0.2, 0.25) is 0 Å². The third-order valence-electron chi connectivity index (χ3n) is 11.2. The van der Waals surface area contributed by atoms with Gasteiger partial charge in [-0.1, -0.05) is 231 Å². The lowest BCUT2D eigenvalue weighted by molar-refractivity contribution is -0.167. The Morgan fingerprint density at radius 2 is 0.638 bits per heavy atom. The van der Waals surface area contributed by atoms with Gasteiger partial charge in [-0.3, -0.25) is 14.4 Å². The first kappa shape index (κ1) is 55.9. The van der Waals surface area contributed by atoms with Crippen LogP contribution in [0.25, 0.3) is 0 Å². The summed E-state index contributed by atoms with van der Waals surface area (Å²) in [4.78, 5) is 37.9. The first-order valence-corrected chi connectivity index (χ1v) is 25.3. The molecule has 6 nitrogen and oxygen atoms in total. The summed E-state index contributed by atoms with van der Waals surface area (Å²) in [5.41, 5.74) is 0. The molecule has 6 heteroatoms. The van der Waals surface area contributed by atoms with Crippen molar-refractivity contribution in [3.05, 3.63) is 24.3 Å². The van der Waals surface area contributed by atoms with Crippen LogP contribution < -0.4 is 0 Å². The Hall–Kier alpha value is -2.11. The van der Waals surface area contributed by atoms with Gasteiger partial charge in [-0.15, -0.1) is 0 Å². The highest BCUT2D eigenvalue weighted by atomic mass is 16.6. The minimum absolute atomic E-state index is 0.0710. The molecule has 0 aliphatic rings. The first-order valence-electron chi connectivity index (χ1n) is 25.3. The minimum atomic E-state index is -0.770. The summed E-state index contributed by atoms with van der Waals surface area (Å²) in [6.07, 6.45) is 52.9. The fourth-order valence-corrected chi connectivity index (χ4v) is 7.34. The SMILES string of the molecule is CCCC/C=C\C/C=C\CCCCCCCC(=O)OC[C@@H](COC(=O)CCCCCCCCCCCCCC)OC(=O)CCCCCCCCCCCCCCCC. The summed E-state index contributed by atoms with van der Waals surface area (Å²) in [5, 5.41) is 0. The number of esters is 3. The molecule has 0 saturated heterocycles. The van der Waals surface area contributed by atoms with Crippen LogP contribution in [0.1, 0.15) is 271 Å². The lowest BCUT2D eigenvalue weighted by Crippen LogP contribution is -2.30. The zero-order valence-electron chi connectivity index (χ0n) is 38.8. The summed E-state index contributed by atoms with van der Waals surface area (Å²) in [6.45, 7) is 6.61. The van der Waals surface area contributed by atoms with E-state index in [-0.39, 0.29) is 31.1 Å². The second-order valence-electron chi connectivity index (χ2n) is 17.1. The number of allylic oxidation sites excluding steroid dienone is 4. The predicted molar refractivity (Wildman–Crippen MR) is 247 cm³/mol. The van der Waals surface area contributed by atoms with Gasteiger partial charge in [-0.05, 0) is 44.9 Å². The summed E-state index contributed by atoms with van der Waals surface area (Å²) < 4.78 is 16.8. The first-order chi connectivity index (χ1) is 28.5. The van der Waals surface area contributed by atoms with Gasteiger partial charge in [0.15, 0.2) is 6.10 Å². The smallest absolute Gasteiger partial charge is 0.306 e. The second kappa shape index (κ2) is 47.6. The molecule has 0 N–H and O–H groups in total. The lowest BCUT2D eigenvalue weighted by Gasteiger charge is -2.18. The maximum atomic E-state index is 12.8. The van der Waals surface area contributed by atoms with Gasteiger partial charge >= 0.3 is 17.9 Å². The molecule has 0 aromatic rings. The zero-order chi connectivity index (χ0) is 42.3. The Bertz CT molecular complexity index is 942. The van der Waals surface area contributed by atoms with Crippen molar-refractivity contribution < 1.29 is 28.6 Å². The van der Waals surface area contributed by atoms with Crippen LogP contribution in [0.4, 0.5) is 0 Å². The van der Waals surface area contributed by atoms with E-state index < -0.39 is 6.10 Å². The van der Waals surface area contributed by atoms with Gasteiger partial charge in [0.25, 0.3) is 0 Å². The van der Waals surface area contributed by atoms with E-state index in [9.17, 15) is 14.4 Å². The quantitative estimate of drug-likeness (QED) is 0.0263. The molecule has 0 spiro atoms. The number of rotatable bonds is 46. The maximum absolute atomic E-state index is 12.8. The number of unbranched alkanes of at least 4 members (excludes halogenated alkanes) is 31. The van der Waals surface area contributed by atoms with Gasteiger partial charge in [-0.25, -0.2) is 0 Å². The molecule has 58 heavy (non-hydrogen) atoms. The molecule has 0 saturated carbocycles. The average Bonchev–Trinajstić information content (AvgIpc) is 3.22. The van der Waals surface area contributed by atoms with Crippen LogP contribution in [0.15, 0.2) is 24.3 Å². The van der Waals surface area contributed by atoms with Crippen LogP contribution in [0.3, 0.4) is 0 Å². The molecule has 0 rings (SSSR count). The van der Waals surface area contributed by atoms with E-state index >= 15 is 0 Å². The summed E-state index contributed by atoms with van der Waals surface area (Å²) in [6, 6.07) is 0. The highest BCUT2D eigenvalue weighted by Gasteiger charge is 2.19. The van der Waals surface area contributed by atoms with Gasteiger partial charge in [-0.2, -0.15) is 0 Å². The van der Waals surface area contributed by atoms with E-state index in [2.05, 4.69) is 45.1 Å².